The molecule has 0 spiro atoms. The number of carbonyl (C=O) groups is 1. The van der Waals surface area contributed by atoms with Crippen molar-refractivity contribution in [3.63, 3.8) is 0 Å². The second-order valence-electron chi connectivity index (χ2n) is 4.46. The lowest BCUT2D eigenvalue weighted by molar-refractivity contribution is -0.135. The van der Waals surface area contributed by atoms with Gasteiger partial charge in [-0.1, -0.05) is 6.92 Å². The lowest BCUT2D eigenvalue weighted by Crippen LogP contribution is -2.36. The minimum Gasteiger partial charge on any atom is -0.397 e. The fourth-order valence-electron chi connectivity index (χ4n) is 1.73. The summed E-state index contributed by atoms with van der Waals surface area (Å²) < 4.78 is 6.77. The van der Waals surface area contributed by atoms with Gasteiger partial charge in [-0.3, -0.25) is 18.7 Å². The molecule has 0 radical (unpaired) electrons. The van der Waals surface area contributed by atoms with Gasteiger partial charge < -0.3 is 9.72 Å². The summed E-state index contributed by atoms with van der Waals surface area (Å²) in [5, 5.41) is 12.4. The van der Waals surface area contributed by atoms with E-state index in [1.807, 2.05) is 0 Å². The molecule has 0 amide bonds. The van der Waals surface area contributed by atoms with Crippen molar-refractivity contribution >= 4 is 29.0 Å². The molecule has 2 aromatic heterocycles. The van der Waals surface area contributed by atoms with Crippen molar-refractivity contribution in [2.24, 2.45) is 19.2 Å². The number of imidazole rings is 1. The number of carbonyl (C=O) groups excluding carboxylic acids is 1. The molecule has 2 heterocycles. The van der Waals surface area contributed by atoms with Crippen LogP contribution in [0.15, 0.2) is 14.7 Å². The van der Waals surface area contributed by atoms with Crippen LogP contribution in [0.2, 0.25) is 0 Å². The van der Waals surface area contributed by atoms with Crippen molar-refractivity contribution in [3.8, 4) is 6.07 Å². The first-order chi connectivity index (χ1) is 10.9. The Hall–Kier alpha value is -3.42. The van der Waals surface area contributed by atoms with Gasteiger partial charge in [-0.05, 0) is 0 Å². The molecule has 0 saturated heterocycles. The van der Waals surface area contributed by atoms with Gasteiger partial charge in [0.05, 0.1) is 0 Å². The Bertz CT molecular complexity index is 957. The summed E-state index contributed by atoms with van der Waals surface area (Å²) in [5.74, 6) is -1.11. The number of esters is 1. The SMILES string of the molecule is CCC(=O)O/C(C#N)=N\Nc1nc2c([nH]1)c(=O)n(C)c(=O)n2C. The van der Waals surface area contributed by atoms with E-state index in [-0.39, 0.29) is 23.5 Å². The zero-order chi connectivity index (χ0) is 17.1. The van der Waals surface area contributed by atoms with E-state index in [2.05, 4.69) is 25.2 Å². The van der Waals surface area contributed by atoms with Crippen molar-refractivity contribution < 1.29 is 9.53 Å². The summed E-state index contributed by atoms with van der Waals surface area (Å²) in [6.07, 6.45) is 0.0868. The highest BCUT2D eigenvalue weighted by Crippen LogP contribution is 2.08. The first kappa shape index (κ1) is 16.0. The number of hydrogen-bond donors (Lipinski definition) is 2. The number of fused-ring (bicyclic) bond motifs is 1. The Balaban J connectivity index is 2.39. The molecule has 0 bridgehead atoms. The summed E-state index contributed by atoms with van der Waals surface area (Å²) in [5.41, 5.74) is 1.51. The highest BCUT2D eigenvalue weighted by Gasteiger charge is 2.13. The van der Waals surface area contributed by atoms with Crippen LogP contribution in [0.1, 0.15) is 13.3 Å². The monoisotopic (exact) mass is 319 g/mol. The van der Waals surface area contributed by atoms with Crippen LogP contribution in [-0.2, 0) is 23.6 Å². The zero-order valence-corrected chi connectivity index (χ0v) is 12.6. The van der Waals surface area contributed by atoms with Crippen molar-refractivity contribution in [2.75, 3.05) is 5.43 Å². The molecule has 0 aliphatic rings. The highest BCUT2D eigenvalue weighted by atomic mass is 16.5. The van der Waals surface area contributed by atoms with Crippen LogP contribution in [0.5, 0.6) is 0 Å². The van der Waals surface area contributed by atoms with Gasteiger partial charge in [0, 0.05) is 20.5 Å². The fourth-order valence-corrected chi connectivity index (χ4v) is 1.73. The van der Waals surface area contributed by atoms with Gasteiger partial charge in [0.25, 0.3) is 5.56 Å². The number of aromatic nitrogens is 4. The smallest absolute Gasteiger partial charge is 0.332 e. The number of aryl methyl sites for hydroxylation is 1. The number of ether oxygens (including phenoxy) is 1. The molecule has 2 N–H and O–H groups in total. The molecule has 0 aromatic carbocycles. The first-order valence-electron chi connectivity index (χ1n) is 6.49. The number of anilines is 1. The number of nitrogens with zero attached hydrogens (tertiary/aromatic N) is 5. The van der Waals surface area contributed by atoms with Crippen LogP contribution >= 0.6 is 0 Å². The Kier molecular flexibility index (Phi) is 4.26. The van der Waals surface area contributed by atoms with Gasteiger partial charge in [-0.25, -0.2) is 10.2 Å². The summed E-state index contributed by atoms with van der Waals surface area (Å²) in [7, 11) is 2.80. The molecule has 2 aromatic rings. The molecule has 11 nitrogen and oxygen atoms in total. The number of aromatic amines is 1. The molecule has 0 atom stereocenters. The third-order valence-corrected chi connectivity index (χ3v) is 2.95. The number of hydrogen-bond acceptors (Lipinski definition) is 8. The van der Waals surface area contributed by atoms with Crippen molar-refractivity contribution in [3.05, 3.63) is 20.8 Å². The maximum Gasteiger partial charge on any atom is 0.332 e. The lowest BCUT2D eigenvalue weighted by Gasteiger charge is -2.00. The van der Waals surface area contributed by atoms with Crippen LogP contribution in [0, 0.1) is 11.3 Å². The predicted molar refractivity (Wildman–Crippen MR) is 79.6 cm³/mol. The Morgan fingerprint density at radius 1 is 1.43 bits per heavy atom. The van der Waals surface area contributed by atoms with Gasteiger partial charge in [-0.15, -0.1) is 5.10 Å². The largest absolute Gasteiger partial charge is 0.397 e. The van der Waals surface area contributed by atoms with E-state index in [0.29, 0.717) is 0 Å². The standard InChI is InChI=1S/C12H13N7O4/c1-4-7(20)23-6(5-13)16-17-11-14-8-9(15-11)18(2)12(22)19(3)10(8)21/h4H2,1-3H3,(H2,14,15,17)/b16-6-. The lowest BCUT2D eigenvalue weighted by atomic mass is 10.5. The van der Waals surface area contributed by atoms with E-state index in [1.165, 1.54) is 18.7 Å². The van der Waals surface area contributed by atoms with Gasteiger partial charge in [0.2, 0.25) is 5.95 Å². The van der Waals surface area contributed by atoms with Crippen LogP contribution in [0.4, 0.5) is 5.95 Å². The highest BCUT2D eigenvalue weighted by molar-refractivity contribution is 5.98. The Morgan fingerprint density at radius 2 is 2.13 bits per heavy atom. The maximum absolute atomic E-state index is 12.0. The van der Waals surface area contributed by atoms with E-state index in [9.17, 15) is 14.4 Å². The summed E-state index contributed by atoms with van der Waals surface area (Å²) in [4.78, 5) is 41.6. The number of hydrazone groups is 1. The number of nitriles is 1. The molecule has 120 valence electrons. The number of H-pyrrole nitrogens is 1. The molecule has 11 heteroatoms. The third kappa shape index (κ3) is 2.95. The van der Waals surface area contributed by atoms with Crippen LogP contribution in [0.3, 0.4) is 0 Å². The topological polar surface area (TPSA) is 147 Å². The van der Waals surface area contributed by atoms with Gasteiger partial charge >= 0.3 is 17.6 Å². The number of rotatable bonds is 3. The molecular weight excluding hydrogens is 306 g/mol. The first-order valence-corrected chi connectivity index (χ1v) is 6.49. The third-order valence-electron chi connectivity index (χ3n) is 2.95. The average Bonchev–Trinajstić information content (AvgIpc) is 2.98. The van der Waals surface area contributed by atoms with Crippen LogP contribution in [-0.4, -0.2) is 31.0 Å². The second-order valence-corrected chi connectivity index (χ2v) is 4.46. The molecule has 0 aliphatic heterocycles. The molecule has 2 rings (SSSR count). The van der Waals surface area contributed by atoms with Crippen molar-refractivity contribution in [1.29, 1.82) is 5.26 Å². The minimum atomic E-state index is -0.618. The van der Waals surface area contributed by atoms with E-state index in [0.717, 1.165) is 4.57 Å². The van der Waals surface area contributed by atoms with Crippen LogP contribution < -0.4 is 16.7 Å². The minimum absolute atomic E-state index is 0.0126. The predicted octanol–water partition coefficient (Wildman–Crippen LogP) is -0.838. The van der Waals surface area contributed by atoms with Gasteiger partial charge in [0.1, 0.15) is 0 Å². The van der Waals surface area contributed by atoms with Crippen molar-refractivity contribution in [1.82, 2.24) is 19.1 Å². The normalized spacial score (nSPS) is 11.3. The average molecular weight is 319 g/mol. The quantitative estimate of drug-likeness (QED) is 0.324. The summed E-state index contributed by atoms with van der Waals surface area (Å²) in [6.45, 7) is 1.57. The Labute approximate surface area is 128 Å². The van der Waals surface area contributed by atoms with Gasteiger partial charge in [-0.2, -0.15) is 10.2 Å². The fraction of sp³-hybridized carbons (Fsp3) is 0.333. The summed E-state index contributed by atoms with van der Waals surface area (Å²) in [6, 6.07) is 1.59. The van der Waals surface area contributed by atoms with Gasteiger partial charge in [0.15, 0.2) is 17.2 Å². The van der Waals surface area contributed by atoms with Crippen molar-refractivity contribution in [2.45, 2.75) is 13.3 Å². The molecule has 0 fully saturated rings. The zero-order valence-electron chi connectivity index (χ0n) is 12.6. The van der Waals surface area contributed by atoms with E-state index < -0.39 is 23.1 Å². The maximum atomic E-state index is 12.0. The summed E-state index contributed by atoms with van der Waals surface area (Å²) >= 11 is 0. The molecular formula is C12H13N7O4. The number of nitrogens with one attached hydrogen (secondary N) is 2. The molecule has 0 unspecified atom stereocenters. The molecule has 0 aliphatic carbocycles. The van der Waals surface area contributed by atoms with E-state index in [1.54, 1.807) is 13.0 Å². The van der Waals surface area contributed by atoms with E-state index in [4.69, 9.17) is 5.26 Å². The molecule has 0 saturated carbocycles. The molecule has 23 heavy (non-hydrogen) atoms. The van der Waals surface area contributed by atoms with Crippen LogP contribution in [0.25, 0.3) is 11.2 Å². The second kappa shape index (κ2) is 6.14. The van der Waals surface area contributed by atoms with E-state index >= 15 is 0 Å². The Morgan fingerprint density at radius 3 is 2.74 bits per heavy atom.